The molecule has 3 aromatic rings. The molecule has 0 spiro atoms. The Kier molecular flexibility index (Phi) is 7.82. The van der Waals surface area contributed by atoms with Gasteiger partial charge in [-0.15, -0.1) is 11.3 Å². The predicted molar refractivity (Wildman–Crippen MR) is 136 cm³/mol. The van der Waals surface area contributed by atoms with Crippen LogP contribution in [0.25, 0.3) is 5.76 Å². The number of nitrogens with zero attached hydrogens (tertiary/aromatic N) is 2. The second-order valence-corrected chi connectivity index (χ2v) is 9.00. The highest BCUT2D eigenvalue weighted by Crippen LogP contribution is 2.43. The number of aliphatic hydroxyl groups excluding tert-OH is 1. The number of benzene rings is 2. The fourth-order valence-electron chi connectivity index (χ4n) is 3.87. The van der Waals surface area contributed by atoms with Crippen molar-refractivity contribution in [2.45, 2.75) is 39.2 Å². The molecule has 2 aromatic carbocycles. The van der Waals surface area contributed by atoms with Gasteiger partial charge in [0.05, 0.1) is 24.8 Å². The maximum atomic E-state index is 13.2. The van der Waals surface area contributed by atoms with E-state index in [1.165, 1.54) is 16.2 Å². The molecule has 182 valence electrons. The molecule has 35 heavy (non-hydrogen) atoms. The first kappa shape index (κ1) is 24.5. The van der Waals surface area contributed by atoms with Crippen molar-refractivity contribution in [2.75, 3.05) is 18.1 Å². The number of amides is 1. The Morgan fingerprint density at radius 2 is 1.80 bits per heavy atom. The van der Waals surface area contributed by atoms with Crippen molar-refractivity contribution in [3.8, 4) is 11.5 Å². The smallest absolute Gasteiger partial charge is 0.301 e. The van der Waals surface area contributed by atoms with Crippen molar-refractivity contribution < 1.29 is 24.2 Å². The quantitative estimate of drug-likeness (QED) is 0.168. The van der Waals surface area contributed by atoms with Crippen LogP contribution in [0.3, 0.4) is 0 Å². The fraction of sp³-hybridized carbons (Fsp3) is 0.296. The topological polar surface area (TPSA) is 89.0 Å². The van der Waals surface area contributed by atoms with E-state index < -0.39 is 17.7 Å². The number of aliphatic hydroxyl groups is 1. The van der Waals surface area contributed by atoms with Crippen LogP contribution in [0.4, 0.5) is 5.13 Å². The molecule has 1 aliphatic heterocycles. The number of hydrogen-bond donors (Lipinski definition) is 1. The van der Waals surface area contributed by atoms with Crippen molar-refractivity contribution >= 4 is 33.9 Å². The molecular formula is C27H28N2O5S. The maximum Gasteiger partial charge on any atom is 0.301 e. The van der Waals surface area contributed by atoms with Crippen molar-refractivity contribution in [3.63, 3.8) is 0 Å². The van der Waals surface area contributed by atoms with E-state index in [1.807, 2.05) is 6.92 Å². The third-order valence-corrected chi connectivity index (χ3v) is 6.38. The van der Waals surface area contributed by atoms with Gasteiger partial charge in [0, 0.05) is 17.1 Å². The normalized spacial score (nSPS) is 17.1. The van der Waals surface area contributed by atoms with Gasteiger partial charge in [-0.25, -0.2) is 4.98 Å². The lowest BCUT2D eigenvalue weighted by atomic mass is 9.95. The number of carbonyl (C=O) groups is 2. The lowest BCUT2D eigenvalue weighted by Gasteiger charge is -2.23. The average molecular weight is 493 g/mol. The van der Waals surface area contributed by atoms with E-state index in [0.717, 1.165) is 19.3 Å². The highest BCUT2D eigenvalue weighted by atomic mass is 32.1. The van der Waals surface area contributed by atoms with E-state index in [1.54, 1.807) is 60.1 Å². The lowest BCUT2D eigenvalue weighted by molar-refractivity contribution is -0.132. The molecule has 0 aliphatic carbocycles. The van der Waals surface area contributed by atoms with Crippen LogP contribution >= 0.6 is 11.3 Å². The van der Waals surface area contributed by atoms with E-state index >= 15 is 0 Å². The minimum Gasteiger partial charge on any atom is -0.507 e. The van der Waals surface area contributed by atoms with Crippen molar-refractivity contribution in [1.82, 2.24) is 4.98 Å². The molecule has 1 N–H and O–H groups in total. The van der Waals surface area contributed by atoms with Gasteiger partial charge >= 0.3 is 5.91 Å². The van der Waals surface area contributed by atoms with Crippen LogP contribution in [0.1, 0.15) is 50.3 Å². The standard InChI is InChI=1S/C27H28N2O5S/c1-3-5-15-34-21-8-6-7-19(17-21)24(30)22-23(18-9-11-20(12-10-18)33-14-4-2)29(26(32)25(22)31)27-28-13-16-35-27/h6-13,16-17,23,30H,3-5,14-15H2,1-2H3. The summed E-state index contributed by atoms with van der Waals surface area (Å²) >= 11 is 1.25. The summed E-state index contributed by atoms with van der Waals surface area (Å²) in [5.41, 5.74) is 1.09. The van der Waals surface area contributed by atoms with E-state index in [4.69, 9.17) is 9.47 Å². The SMILES string of the molecule is CCCCOc1cccc(C(O)=C2C(=O)C(=O)N(c3nccs3)C2c2ccc(OCCC)cc2)c1. The molecule has 0 radical (unpaired) electrons. The van der Waals surface area contributed by atoms with Gasteiger partial charge in [0.15, 0.2) is 5.13 Å². The summed E-state index contributed by atoms with van der Waals surface area (Å²) in [4.78, 5) is 32.0. The first-order valence-corrected chi connectivity index (χ1v) is 12.6. The van der Waals surface area contributed by atoms with Crippen LogP contribution in [0.15, 0.2) is 65.7 Å². The number of Topliss-reactive ketones (excluding diaryl/α,β-unsaturated/α-hetero) is 1. The number of ether oxygens (including phenoxy) is 2. The second-order valence-electron chi connectivity index (χ2n) is 8.13. The number of unbranched alkanes of at least 4 members (excludes halogenated alkanes) is 1. The lowest BCUT2D eigenvalue weighted by Crippen LogP contribution is -2.29. The Morgan fingerprint density at radius 3 is 2.49 bits per heavy atom. The molecule has 8 heteroatoms. The van der Waals surface area contributed by atoms with Crippen molar-refractivity contribution in [2.24, 2.45) is 0 Å². The Morgan fingerprint density at radius 1 is 1.03 bits per heavy atom. The van der Waals surface area contributed by atoms with Crippen LogP contribution in [-0.4, -0.2) is 35.0 Å². The van der Waals surface area contributed by atoms with Crippen LogP contribution < -0.4 is 14.4 Å². The van der Waals surface area contributed by atoms with Crippen LogP contribution in [0.2, 0.25) is 0 Å². The van der Waals surface area contributed by atoms with Gasteiger partial charge in [-0.2, -0.15) is 0 Å². The van der Waals surface area contributed by atoms with Crippen molar-refractivity contribution in [1.29, 1.82) is 0 Å². The number of hydrogen-bond acceptors (Lipinski definition) is 7. The van der Waals surface area contributed by atoms with Gasteiger partial charge in [-0.05, 0) is 42.7 Å². The van der Waals surface area contributed by atoms with E-state index in [2.05, 4.69) is 11.9 Å². The minimum absolute atomic E-state index is 0.0122. The number of carbonyl (C=O) groups excluding carboxylic acids is 2. The van der Waals surface area contributed by atoms with E-state index in [0.29, 0.717) is 41.0 Å². The number of aromatic nitrogens is 1. The maximum absolute atomic E-state index is 13.2. The molecule has 1 saturated heterocycles. The van der Waals surface area contributed by atoms with Crippen LogP contribution in [-0.2, 0) is 9.59 Å². The van der Waals surface area contributed by atoms with E-state index in [9.17, 15) is 14.7 Å². The molecule has 1 fully saturated rings. The molecule has 1 atom stereocenters. The fourth-order valence-corrected chi connectivity index (χ4v) is 4.54. The Bertz CT molecular complexity index is 1200. The van der Waals surface area contributed by atoms with Gasteiger partial charge < -0.3 is 14.6 Å². The average Bonchev–Trinajstić information content (AvgIpc) is 3.50. The summed E-state index contributed by atoms with van der Waals surface area (Å²) in [5, 5.41) is 13.4. The summed E-state index contributed by atoms with van der Waals surface area (Å²) in [6.07, 6.45) is 4.37. The minimum atomic E-state index is -0.828. The third kappa shape index (κ3) is 5.22. The summed E-state index contributed by atoms with van der Waals surface area (Å²) < 4.78 is 11.4. The Hall–Kier alpha value is -3.65. The largest absolute Gasteiger partial charge is 0.507 e. The third-order valence-electron chi connectivity index (χ3n) is 5.61. The molecule has 1 aromatic heterocycles. The molecule has 0 bridgehead atoms. The number of thiazole rings is 1. The highest BCUT2D eigenvalue weighted by molar-refractivity contribution is 7.14. The zero-order chi connectivity index (χ0) is 24.8. The molecule has 7 nitrogen and oxygen atoms in total. The predicted octanol–water partition coefficient (Wildman–Crippen LogP) is 5.74. The van der Waals surface area contributed by atoms with Gasteiger partial charge in [0.1, 0.15) is 17.3 Å². The summed E-state index contributed by atoms with van der Waals surface area (Å²) in [6, 6.07) is 13.3. The zero-order valence-electron chi connectivity index (χ0n) is 19.8. The Balaban J connectivity index is 1.78. The first-order chi connectivity index (χ1) is 17.0. The number of ketones is 1. The van der Waals surface area contributed by atoms with Crippen molar-refractivity contribution in [3.05, 3.63) is 76.8 Å². The molecule has 1 aliphatic rings. The molecule has 4 rings (SSSR count). The van der Waals surface area contributed by atoms with Crippen LogP contribution in [0.5, 0.6) is 11.5 Å². The second kappa shape index (κ2) is 11.2. The first-order valence-electron chi connectivity index (χ1n) is 11.7. The Labute approximate surface area is 208 Å². The molecular weight excluding hydrogens is 464 g/mol. The molecule has 1 unspecified atom stereocenters. The molecule has 1 amide bonds. The summed E-state index contributed by atoms with van der Waals surface area (Å²) in [6.45, 7) is 5.25. The zero-order valence-corrected chi connectivity index (χ0v) is 20.6. The number of anilines is 1. The van der Waals surface area contributed by atoms with Gasteiger partial charge in [-0.3, -0.25) is 14.5 Å². The summed E-state index contributed by atoms with van der Waals surface area (Å²) in [5.74, 6) is -0.455. The van der Waals surface area contributed by atoms with E-state index in [-0.39, 0.29) is 11.3 Å². The monoisotopic (exact) mass is 492 g/mol. The van der Waals surface area contributed by atoms with Gasteiger partial charge in [0.25, 0.3) is 5.78 Å². The summed E-state index contributed by atoms with van der Waals surface area (Å²) in [7, 11) is 0. The van der Waals surface area contributed by atoms with Crippen LogP contribution in [0, 0.1) is 0 Å². The molecule has 2 heterocycles. The highest BCUT2D eigenvalue weighted by Gasteiger charge is 2.48. The molecule has 0 saturated carbocycles. The van der Waals surface area contributed by atoms with Gasteiger partial charge in [-0.1, -0.05) is 44.5 Å². The van der Waals surface area contributed by atoms with Gasteiger partial charge in [0.2, 0.25) is 0 Å². The number of rotatable bonds is 10.